The molecule has 1 aliphatic rings. The first-order valence-corrected chi connectivity index (χ1v) is 8.25. The Kier molecular flexibility index (Phi) is 9.48. The largest absolute Gasteiger partial charge is 0.378 e. The highest BCUT2D eigenvalue weighted by Crippen LogP contribution is 2.08. The zero-order valence-electron chi connectivity index (χ0n) is 13.4. The van der Waals surface area contributed by atoms with Crippen molar-refractivity contribution in [2.75, 3.05) is 46.4 Å². The van der Waals surface area contributed by atoms with Crippen LogP contribution in [0.5, 0.6) is 0 Å². The minimum Gasteiger partial charge on any atom is -0.378 e. The number of hydrogen-bond acceptors (Lipinski definition) is 3. The molecule has 1 fully saturated rings. The molecule has 1 rings (SSSR count). The second-order valence-electron chi connectivity index (χ2n) is 6.03. The fraction of sp³-hybridized carbons (Fsp3) is 1.00. The van der Waals surface area contributed by atoms with E-state index in [1.807, 2.05) is 0 Å². The Morgan fingerprint density at radius 2 is 1.89 bits per heavy atom. The molecular weight excluding hydrogens is 236 g/mol. The average Bonchev–Trinajstić information content (AvgIpc) is 2.43. The Hall–Kier alpha value is -0.120. The van der Waals surface area contributed by atoms with Gasteiger partial charge in [-0.3, -0.25) is 0 Å². The molecule has 1 saturated heterocycles. The van der Waals surface area contributed by atoms with E-state index in [2.05, 4.69) is 30.7 Å². The fourth-order valence-electron chi connectivity index (χ4n) is 2.72. The van der Waals surface area contributed by atoms with Gasteiger partial charge in [0.15, 0.2) is 0 Å². The standard InChI is InChI=1S/C16H34N2O/c1-4-9-16(2)19-15-8-10-17(3)13-14-18-11-6-5-7-12-18/h16H,4-15H2,1-3H3. The van der Waals surface area contributed by atoms with E-state index in [4.69, 9.17) is 4.74 Å². The number of piperidine rings is 1. The van der Waals surface area contributed by atoms with E-state index in [-0.39, 0.29) is 0 Å². The monoisotopic (exact) mass is 270 g/mol. The van der Waals surface area contributed by atoms with Crippen LogP contribution >= 0.6 is 0 Å². The molecule has 0 aromatic carbocycles. The number of nitrogens with zero attached hydrogens (tertiary/aromatic N) is 2. The molecule has 114 valence electrons. The van der Waals surface area contributed by atoms with E-state index in [0.717, 1.165) is 19.6 Å². The van der Waals surface area contributed by atoms with Crippen LogP contribution < -0.4 is 0 Å². The van der Waals surface area contributed by atoms with Crippen molar-refractivity contribution in [3.8, 4) is 0 Å². The molecule has 0 N–H and O–H groups in total. The zero-order chi connectivity index (χ0) is 13.9. The second kappa shape index (κ2) is 10.6. The summed E-state index contributed by atoms with van der Waals surface area (Å²) in [5.74, 6) is 0. The number of rotatable bonds is 10. The van der Waals surface area contributed by atoms with E-state index in [1.165, 1.54) is 58.3 Å². The smallest absolute Gasteiger partial charge is 0.0546 e. The minimum absolute atomic E-state index is 0.434. The molecule has 3 nitrogen and oxygen atoms in total. The maximum atomic E-state index is 5.79. The highest BCUT2D eigenvalue weighted by molar-refractivity contribution is 4.66. The van der Waals surface area contributed by atoms with Crippen molar-refractivity contribution in [1.29, 1.82) is 0 Å². The number of likely N-dealkylation sites (tertiary alicyclic amines) is 1. The SMILES string of the molecule is CCCC(C)OCCCN(C)CCN1CCCCC1. The molecule has 1 aliphatic heterocycles. The first-order valence-electron chi connectivity index (χ1n) is 8.25. The van der Waals surface area contributed by atoms with Crippen molar-refractivity contribution in [2.24, 2.45) is 0 Å². The number of ether oxygens (including phenoxy) is 1. The molecule has 0 aromatic rings. The molecule has 1 unspecified atom stereocenters. The van der Waals surface area contributed by atoms with Crippen molar-refractivity contribution < 1.29 is 4.74 Å². The molecule has 0 amide bonds. The summed E-state index contributed by atoms with van der Waals surface area (Å²) in [6.45, 7) is 11.5. The number of likely N-dealkylation sites (N-methyl/N-ethyl adjacent to an activating group) is 1. The third kappa shape index (κ3) is 8.61. The topological polar surface area (TPSA) is 15.7 Å². The van der Waals surface area contributed by atoms with Gasteiger partial charge in [-0.1, -0.05) is 19.8 Å². The Morgan fingerprint density at radius 3 is 2.58 bits per heavy atom. The second-order valence-corrected chi connectivity index (χ2v) is 6.03. The highest BCUT2D eigenvalue weighted by atomic mass is 16.5. The van der Waals surface area contributed by atoms with Crippen molar-refractivity contribution in [2.45, 2.75) is 58.5 Å². The molecule has 1 atom stereocenters. The maximum absolute atomic E-state index is 5.79. The van der Waals surface area contributed by atoms with Gasteiger partial charge in [0.1, 0.15) is 0 Å². The Bertz CT molecular complexity index is 205. The van der Waals surface area contributed by atoms with E-state index in [0.29, 0.717) is 6.10 Å². The first kappa shape index (κ1) is 16.9. The summed E-state index contributed by atoms with van der Waals surface area (Å²) in [4.78, 5) is 5.06. The molecule has 3 heteroatoms. The van der Waals surface area contributed by atoms with E-state index in [9.17, 15) is 0 Å². The van der Waals surface area contributed by atoms with Crippen LogP contribution in [0.3, 0.4) is 0 Å². The van der Waals surface area contributed by atoms with Gasteiger partial charge in [0.2, 0.25) is 0 Å². The molecule has 0 spiro atoms. The highest BCUT2D eigenvalue weighted by Gasteiger charge is 2.10. The third-order valence-corrected chi connectivity index (χ3v) is 4.03. The fourth-order valence-corrected chi connectivity index (χ4v) is 2.72. The number of hydrogen-bond donors (Lipinski definition) is 0. The van der Waals surface area contributed by atoms with Gasteiger partial charge in [-0.05, 0) is 52.7 Å². The van der Waals surface area contributed by atoms with Crippen LogP contribution in [0.25, 0.3) is 0 Å². The zero-order valence-corrected chi connectivity index (χ0v) is 13.4. The molecule has 19 heavy (non-hydrogen) atoms. The third-order valence-electron chi connectivity index (χ3n) is 4.03. The van der Waals surface area contributed by atoms with Crippen molar-refractivity contribution in [3.05, 3.63) is 0 Å². The predicted molar refractivity (Wildman–Crippen MR) is 82.7 cm³/mol. The summed E-state index contributed by atoms with van der Waals surface area (Å²) >= 11 is 0. The van der Waals surface area contributed by atoms with Crippen LogP contribution in [0, 0.1) is 0 Å². The van der Waals surface area contributed by atoms with Crippen molar-refractivity contribution in [1.82, 2.24) is 9.80 Å². The summed E-state index contributed by atoms with van der Waals surface area (Å²) in [5.41, 5.74) is 0. The van der Waals surface area contributed by atoms with Gasteiger partial charge in [-0.25, -0.2) is 0 Å². The first-order chi connectivity index (χ1) is 9.22. The van der Waals surface area contributed by atoms with E-state index >= 15 is 0 Å². The van der Waals surface area contributed by atoms with Crippen molar-refractivity contribution in [3.63, 3.8) is 0 Å². The van der Waals surface area contributed by atoms with Gasteiger partial charge >= 0.3 is 0 Å². The van der Waals surface area contributed by atoms with Crippen LogP contribution in [0.15, 0.2) is 0 Å². The summed E-state index contributed by atoms with van der Waals surface area (Å²) in [5, 5.41) is 0. The summed E-state index contributed by atoms with van der Waals surface area (Å²) in [6.07, 6.45) is 8.22. The molecule has 0 aliphatic carbocycles. The van der Waals surface area contributed by atoms with Gasteiger partial charge in [-0.15, -0.1) is 0 Å². The lowest BCUT2D eigenvalue weighted by molar-refractivity contribution is 0.0536. The summed E-state index contributed by atoms with van der Waals surface area (Å²) < 4.78 is 5.79. The van der Waals surface area contributed by atoms with Crippen LogP contribution in [0.2, 0.25) is 0 Å². The molecule has 0 aromatic heterocycles. The Morgan fingerprint density at radius 1 is 1.16 bits per heavy atom. The summed E-state index contributed by atoms with van der Waals surface area (Å²) in [7, 11) is 2.24. The lowest BCUT2D eigenvalue weighted by Gasteiger charge is -2.28. The minimum atomic E-state index is 0.434. The Balaban J connectivity index is 1.93. The molecule has 0 bridgehead atoms. The Labute approximate surface area is 120 Å². The van der Waals surface area contributed by atoms with Gasteiger partial charge in [-0.2, -0.15) is 0 Å². The molecular formula is C16H34N2O. The van der Waals surface area contributed by atoms with Crippen LogP contribution in [-0.4, -0.2) is 62.3 Å². The predicted octanol–water partition coefficient (Wildman–Crippen LogP) is 3.00. The molecule has 1 heterocycles. The molecule has 0 saturated carbocycles. The maximum Gasteiger partial charge on any atom is 0.0546 e. The van der Waals surface area contributed by atoms with Crippen LogP contribution in [0.4, 0.5) is 0 Å². The van der Waals surface area contributed by atoms with Gasteiger partial charge in [0.05, 0.1) is 6.10 Å². The van der Waals surface area contributed by atoms with Gasteiger partial charge in [0, 0.05) is 26.2 Å². The van der Waals surface area contributed by atoms with Crippen molar-refractivity contribution >= 4 is 0 Å². The van der Waals surface area contributed by atoms with Gasteiger partial charge < -0.3 is 14.5 Å². The lowest BCUT2D eigenvalue weighted by Crippen LogP contribution is -2.37. The van der Waals surface area contributed by atoms with Crippen LogP contribution in [0.1, 0.15) is 52.4 Å². The summed E-state index contributed by atoms with van der Waals surface area (Å²) in [6, 6.07) is 0. The van der Waals surface area contributed by atoms with E-state index < -0.39 is 0 Å². The lowest BCUT2D eigenvalue weighted by atomic mass is 10.1. The average molecular weight is 270 g/mol. The van der Waals surface area contributed by atoms with E-state index in [1.54, 1.807) is 0 Å². The normalized spacial score (nSPS) is 18.9. The quantitative estimate of drug-likeness (QED) is 0.568. The van der Waals surface area contributed by atoms with Crippen LogP contribution in [-0.2, 0) is 4.74 Å². The molecule has 0 radical (unpaired) electrons. The van der Waals surface area contributed by atoms with Gasteiger partial charge in [0.25, 0.3) is 0 Å².